The molecule has 396 valence electrons. The van der Waals surface area contributed by atoms with E-state index >= 15 is 0 Å². The highest BCUT2D eigenvalue weighted by Crippen LogP contribution is 2.38. The summed E-state index contributed by atoms with van der Waals surface area (Å²) >= 11 is 4.63. The molecule has 8 bridgehead atoms. The molecular formula is C57H68N8O9S. The number of carbonyl (C=O) groups is 6. The Morgan fingerprint density at radius 1 is 0.507 bits per heavy atom. The van der Waals surface area contributed by atoms with Gasteiger partial charge in [-0.3, -0.25) is 28.8 Å². The molecule has 2 aliphatic rings. The highest BCUT2D eigenvalue weighted by atomic mass is 32.1. The molecule has 1 aromatic carbocycles. The molecule has 0 saturated carbocycles. The van der Waals surface area contributed by atoms with E-state index in [1.54, 1.807) is 0 Å². The average molecular weight is 1040 g/mol. The predicted molar refractivity (Wildman–Crippen MR) is 294 cm³/mol. The smallest absolute Gasteiger partial charge is 0.303 e. The second-order valence-electron chi connectivity index (χ2n) is 19.1. The maximum absolute atomic E-state index is 13.3. The number of thiocarbonyl (C=S) groups is 1. The van der Waals surface area contributed by atoms with Gasteiger partial charge in [-0.05, 0) is 184 Å². The predicted octanol–water partition coefficient (Wildman–Crippen LogP) is 9.92. The Balaban J connectivity index is 1.08. The highest BCUT2D eigenvalue weighted by Gasteiger charge is 2.23. The summed E-state index contributed by atoms with van der Waals surface area (Å²) in [6, 6.07) is 15.2. The number of unbranched alkanes of at least 4 members (excludes halogenated alkanes) is 4. The molecule has 4 aromatic rings. The summed E-state index contributed by atoms with van der Waals surface area (Å²) in [6.07, 6.45) is 7.06. The molecule has 3 amide bonds. The fraction of sp³-hybridized carbons (Fsp3) is 0.421. The van der Waals surface area contributed by atoms with Crippen LogP contribution >= 0.6 is 12.2 Å². The largest absolute Gasteiger partial charge is 0.481 e. The third-order valence-corrected chi connectivity index (χ3v) is 13.9. The molecule has 0 saturated heterocycles. The number of carboxylic acid groups (broad SMARTS) is 3. The Morgan fingerprint density at radius 2 is 0.947 bits per heavy atom. The minimum absolute atomic E-state index is 0.0140. The van der Waals surface area contributed by atoms with Crippen LogP contribution in [0, 0.1) is 13.8 Å². The van der Waals surface area contributed by atoms with Crippen LogP contribution in [0.3, 0.4) is 0 Å². The van der Waals surface area contributed by atoms with Crippen molar-refractivity contribution >= 4 is 103 Å². The van der Waals surface area contributed by atoms with Gasteiger partial charge in [-0.25, -0.2) is 9.97 Å². The molecule has 75 heavy (non-hydrogen) atoms. The first-order valence-electron chi connectivity index (χ1n) is 25.8. The summed E-state index contributed by atoms with van der Waals surface area (Å²) in [5.74, 6) is -2.95. The first-order chi connectivity index (χ1) is 36.0. The molecule has 0 radical (unpaired) electrons. The number of allylic oxidation sites excluding steroid dienone is 4. The third-order valence-electron chi connectivity index (χ3n) is 13.8. The number of aliphatic carboxylic acids is 3. The van der Waals surface area contributed by atoms with Gasteiger partial charge in [0.05, 0.1) is 33.6 Å². The van der Waals surface area contributed by atoms with Crippen LogP contribution in [0.4, 0.5) is 5.69 Å². The van der Waals surface area contributed by atoms with E-state index in [1.165, 1.54) is 0 Å². The summed E-state index contributed by atoms with van der Waals surface area (Å²) in [5, 5.41) is 40.3. The number of aryl methyl sites for hydroxylation is 4. The van der Waals surface area contributed by atoms with Gasteiger partial charge in [0.25, 0.3) is 0 Å². The second kappa shape index (κ2) is 27.7. The van der Waals surface area contributed by atoms with Crippen LogP contribution in [-0.2, 0) is 48.0 Å². The number of fused-ring (bicyclic) bond motifs is 8. The van der Waals surface area contributed by atoms with Crippen molar-refractivity contribution in [1.82, 2.24) is 35.9 Å². The number of hydrogen-bond donors (Lipinski definition) is 8. The van der Waals surface area contributed by atoms with E-state index in [9.17, 15) is 44.1 Å². The van der Waals surface area contributed by atoms with E-state index in [4.69, 9.17) is 9.97 Å². The molecule has 3 aromatic heterocycles. The van der Waals surface area contributed by atoms with Crippen LogP contribution in [0.1, 0.15) is 154 Å². The Bertz CT molecular complexity index is 3090. The number of nitrogens with one attached hydrogen (secondary N) is 5. The van der Waals surface area contributed by atoms with Crippen molar-refractivity contribution in [3.05, 3.63) is 99.1 Å². The maximum Gasteiger partial charge on any atom is 0.303 e. The lowest BCUT2D eigenvalue weighted by Crippen LogP contribution is -2.26. The normalized spacial score (nSPS) is 12.1. The van der Waals surface area contributed by atoms with E-state index in [1.807, 2.05) is 76.2 Å². The number of amides is 3. The number of aromatic amines is 2. The summed E-state index contributed by atoms with van der Waals surface area (Å²) in [6.45, 7) is 9.26. The average Bonchev–Trinajstić information content (AvgIpc) is 4.03. The summed E-state index contributed by atoms with van der Waals surface area (Å²) in [7, 11) is 0. The number of carbonyl (C=O) groups excluding carboxylic acids is 3. The van der Waals surface area contributed by atoms with Crippen LogP contribution in [0.15, 0.2) is 53.5 Å². The number of aromatic nitrogens is 4. The SMILES string of the molecule is CC1=C(CCC(=O)O)c2cc3nc(cc4[nH]c(cc5[nH]c(cc1n2)c(CCC(=O)O)c5C)c(CCC(=O)NCCCCCC(=O)NCCCCCC(=O)NCCc1ccc(N=C=S)cc1)c4C)C(CCC(=O)O)=C3C. The van der Waals surface area contributed by atoms with Crippen LogP contribution in [0.25, 0.3) is 44.4 Å². The quantitative estimate of drug-likeness (QED) is 0.0150. The molecule has 2 aliphatic heterocycles. The molecule has 0 spiro atoms. The number of benzene rings is 1. The van der Waals surface area contributed by atoms with E-state index in [-0.39, 0.29) is 62.7 Å². The fourth-order valence-corrected chi connectivity index (χ4v) is 9.56. The zero-order chi connectivity index (χ0) is 54.0. The van der Waals surface area contributed by atoms with E-state index < -0.39 is 17.9 Å². The summed E-state index contributed by atoms with van der Waals surface area (Å²) < 4.78 is 0. The van der Waals surface area contributed by atoms with Gasteiger partial charge in [-0.2, -0.15) is 4.99 Å². The lowest BCUT2D eigenvalue weighted by atomic mass is 9.98. The topological polar surface area (TPSA) is 269 Å². The van der Waals surface area contributed by atoms with E-state index in [0.717, 1.165) is 104 Å². The molecule has 0 aliphatic carbocycles. The number of rotatable bonds is 28. The van der Waals surface area contributed by atoms with Gasteiger partial charge in [0.1, 0.15) is 0 Å². The zero-order valence-electron chi connectivity index (χ0n) is 43.3. The number of H-pyrrole nitrogens is 2. The van der Waals surface area contributed by atoms with Gasteiger partial charge >= 0.3 is 17.9 Å². The molecule has 18 heteroatoms. The highest BCUT2D eigenvalue weighted by molar-refractivity contribution is 7.78. The lowest BCUT2D eigenvalue weighted by molar-refractivity contribution is -0.137. The van der Waals surface area contributed by atoms with Crippen molar-refractivity contribution in [2.24, 2.45) is 4.99 Å². The Kier molecular flexibility index (Phi) is 20.9. The van der Waals surface area contributed by atoms with Gasteiger partial charge in [-0.15, -0.1) is 0 Å². The lowest BCUT2D eigenvalue weighted by Gasteiger charge is -2.07. The maximum atomic E-state index is 13.3. The molecule has 17 nitrogen and oxygen atoms in total. The van der Waals surface area contributed by atoms with Crippen molar-refractivity contribution < 1.29 is 44.1 Å². The molecule has 5 heterocycles. The summed E-state index contributed by atoms with van der Waals surface area (Å²) in [4.78, 5) is 94.6. The van der Waals surface area contributed by atoms with Crippen LogP contribution < -0.4 is 16.0 Å². The van der Waals surface area contributed by atoms with E-state index in [0.29, 0.717) is 80.0 Å². The Labute approximate surface area is 441 Å². The van der Waals surface area contributed by atoms with Gasteiger partial charge < -0.3 is 41.2 Å². The van der Waals surface area contributed by atoms with Gasteiger partial charge in [0.15, 0.2) is 0 Å². The van der Waals surface area contributed by atoms with Gasteiger partial charge in [0.2, 0.25) is 17.7 Å². The summed E-state index contributed by atoms with van der Waals surface area (Å²) in [5.41, 5.74) is 13.6. The van der Waals surface area contributed by atoms with E-state index in [2.05, 4.69) is 48.3 Å². The monoisotopic (exact) mass is 1040 g/mol. The zero-order valence-corrected chi connectivity index (χ0v) is 44.1. The first kappa shape index (κ1) is 56.7. The second-order valence-corrected chi connectivity index (χ2v) is 19.3. The Hall–Kier alpha value is -7.56. The molecule has 0 unspecified atom stereocenters. The van der Waals surface area contributed by atoms with Crippen LogP contribution in [0.2, 0.25) is 0 Å². The van der Waals surface area contributed by atoms with Crippen molar-refractivity contribution in [2.75, 3.05) is 19.6 Å². The standard InChI is InChI=1S/C57H68N8O9S/c1-34-40(17-21-54(68)59-27-10-5-7-11-52(66)58-26-9-6-8-12-53(67)60-28-25-38-13-15-39(16-14-38)61-33-75)48-29-45-35(2)41(18-22-55(69)70)50(63-45)31-47-37(4)43(20-24-57(73)74)51(65-47)32-46-36(3)42(19-23-56(71)72)49(64-46)30-44(34)62-48/h13-16,29-32,62-63H,5-12,17-28H2,1-4H3,(H,58,66)(H,59,68)(H,60,67)(H,69,70)(H,71,72)(H,73,74). The molecular weight excluding hydrogens is 973 g/mol. The van der Waals surface area contributed by atoms with Crippen LogP contribution in [0.5, 0.6) is 0 Å². The minimum Gasteiger partial charge on any atom is -0.481 e. The van der Waals surface area contributed by atoms with Crippen molar-refractivity contribution in [1.29, 1.82) is 0 Å². The Morgan fingerprint density at radius 3 is 1.48 bits per heavy atom. The minimum atomic E-state index is -0.949. The molecule has 6 rings (SSSR count). The number of carboxylic acids is 3. The number of isothiocyanates is 1. The van der Waals surface area contributed by atoms with Gasteiger partial charge in [-0.1, -0.05) is 25.0 Å². The number of nitrogens with zero attached hydrogens (tertiary/aromatic N) is 3. The number of hydrogen-bond acceptors (Lipinski definition) is 10. The number of aliphatic imine (C=N–C) groups is 1. The van der Waals surface area contributed by atoms with Gasteiger partial charge in [0, 0.05) is 80.2 Å². The van der Waals surface area contributed by atoms with Crippen molar-refractivity contribution in [3.63, 3.8) is 0 Å². The van der Waals surface area contributed by atoms with Crippen LogP contribution in [-0.4, -0.2) is 95.7 Å². The molecule has 0 fully saturated rings. The molecule has 8 N–H and O–H groups in total. The third kappa shape index (κ3) is 16.5. The fourth-order valence-electron chi connectivity index (χ4n) is 9.46. The van der Waals surface area contributed by atoms with Crippen molar-refractivity contribution in [3.8, 4) is 0 Å². The van der Waals surface area contributed by atoms with Crippen molar-refractivity contribution in [2.45, 2.75) is 137 Å². The molecule has 0 atom stereocenters. The first-order valence-corrected chi connectivity index (χ1v) is 26.2.